The van der Waals surface area contributed by atoms with E-state index in [1.807, 2.05) is 49.8 Å². The van der Waals surface area contributed by atoms with E-state index in [0.29, 0.717) is 0 Å². The van der Waals surface area contributed by atoms with Crippen molar-refractivity contribution in [2.75, 3.05) is 28.2 Å². The van der Waals surface area contributed by atoms with Gasteiger partial charge in [-0.2, -0.15) is 0 Å². The predicted octanol–water partition coefficient (Wildman–Crippen LogP) is 3.88. The van der Waals surface area contributed by atoms with Gasteiger partial charge in [0.05, 0.1) is 40.0 Å². The molecule has 0 amide bonds. The Labute approximate surface area is 127 Å². The van der Waals surface area contributed by atoms with Gasteiger partial charge in [-0.3, -0.25) is 14.7 Å². The molecule has 1 aromatic heterocycles. The third-order valence-corrected chi connectivity index (χ3v) is 3.21. The van der Waals surface area contributed by atoms with Gasteiger partial charge in [-0.1, -0.05) is 0 Å². The average Bonchev–Trinajstić information content (AvgIpc) is 2.22. The first-order valence-electron chi connectivity index (χ1n) is 5.63. The molecule has 1 rings (SSSR count). The number of aromatic nitrogens is 1. The molecule has 0 atom stereocenters. The molecule has 0 bridgehead atoms. The van der Waals surface area contributed by atoms with Crippen molar-refractivity contribution in [3.8, 4) is 0 Å². The second kappa shape index (κ2) is 6.11. The molecule has 0 unspecified atom stereocenters. The van der Waals surface area contributed by atoms with Crippen molar-refractivity contribution in [3.63, 3.8) is 0 Å². The minimum atomic E-state index is -10.7. The Bertz CT molecular complexity index is 545. The molecular weight excluding hydrogens is 355 g/mol. The molecule has 22 heavy (non-hydrogen) atoms. The Morgan fingerprint density at radius 1 is 1.14 bits per heavy atom. The summed E-state index contributed by atoms with van der Waals surface area (Å²) in [6.07, 6.45) is 1.62. The van der Waals surface area contributed by atoms with Gasteiger partial charge in [-0.05, 0) is 6.07 Å². The molecule has 0 aliphatic heterocycles. The predicted molar refractivity (Wildman–Crippen MR) is 74.0 cm³/mol. The van der Waals surface area contributed by atoms with Gasteiger partial charge in [0, 0.05) is 16.9 Å². The Morgan fingerprint density at radius 2 is 1.59 bits per heavy atom. The van der Waals surface area contributed by atoms with E-state index in [1.165, 1.54) is 11.8 Å². The molecule has 0 spiro atoms. The van der Waals surface area contributed by atoms with Gasteiger partial charge in [-0.15, -0.1) is 0 Å². The summed E-state index contributed by atoms with van der Waals surface area (Å²) in [4.78, 5) is 2.01. The molecule has 0 radical (unpaired) electrons. The Hall–Kier alpha value is -1.22. The summed E-state index contributed by atoms with van der Waals surface area (Å²) < 4.78 is 62.3. The van der Waals surface area contributed by atoms with E-state index < -0.39 is 7.81 Å². The summed E-state index contributed by atoms with van der Waals surface area (Å²) in [6.45, 7) is 0. The van der Waals surface area contributed by atoms with Crippen LogP contribution in [0.4, 0.5) is 25.2 Å². The SMILES string of the molecule is CN(C)C(Sc1cccc[n+]1O)=[N+](C)C.F[P-](F)(F)(F)(F)F. The normalized spacial score (nSPS) is 14.1. The molecule has 0 fully saturated rings. The number of amidine groups is 1. The van der Waals surface area contributed by atoms with Crippen molar-refractivity contribution in [1.82, 2.24) is 4.90 Å². The molecule has 0 aliphatic rings. The molecule has 0 saturated carbocycles. The van der Waals surface area contributed by atoms with Crippen molar-refractivity contribution in [3.05, 3.63) is 24.4 Å². The van der Waals surface area contributed by atoms with Crippen LogP contribution in [0.15, 0.2) is 29.4 Å². The number of rotatable bonds is 1. The van der Waals surface area contributed by atoms with Crippen LogP contribution in [-0.2, 0) is 0 Å². The van der Waals surface area contributed by atoms with E-state index in [-0.39, 0.29) is 0 Å². The van der Waals surface area contributed by atoms with Crippen LogP contribution in [0.3, 0.4) is 0 Å². The monoisotopic (exact) mass is 372 g/mol. The van der Waals surface area contributed by atoms with Gasteiger partial charge in [0.1, 0.15) is 0 Å². The first kappa shape index (κ1) is 20.8. The molecule has 0 aromatic carbocycles. The summed E-state index contributed by atoms with van der Waals surface area (Å²) in [6, 6.07) is 5.56. The van der Waals surface area contributed by atoms with E-state index in [0.717, 1.165) is 14.9 Å². The van der Waals surface area contributed by atoms with E-state index in [2.05, 4.69) is 0 Å². The number of hydrogen-bond acceptors (Lipinski definition) is 2. The van der Waals surface area contributed by atoms with Gasteiger partial charge in [0.15, 0.2) is 0 Å². The molecular formula is C10H17F6N3OPS+. The molecule has 0 aliphatic carbocycles. The standard InChI is InChI=1S/C10H17N3OS.F6P/c1-11(2)10(12(3)4)15-9-7-5-6-8-13(9)14;1-7(2,3,4,5)6/h5-8,14H,1-4H3;/q+2;-1. The number of hydrogen-bond donors (Lipinski definition) is 1. The van der Waals surface area contributed by atoms with Crippen molar-refractivity contribution in [2.24, 2.45) is 0 Å². The third kappa shape index (κ3) is 12.5. The van der Waals surface area contributed by atoms with Crippen molar-refractivity contribution < 1.29 is 39.7 Å². The summed E-state index contributed by atoms with van der Waals surface area (Å²) in [5.41, 5.74) is 0. The van der Waals surface area contributed by atoms with Crippen molar-refractivity contribution in [1.29, 1.82) is 0 Å². The fourth-order valence-corrected chi connectivity index (χ4v) is 2.03. The maximum absolute atomic E-state index is 10.7. The van der Waals surface area contributed by atoms with E-state index in [1.54, 1.807) is 12.3 Å². The molecule has 130 valence electrons. The fourth-order valence-electron chi connectivity index (χ4n) is 1.18. The summed E-state index contributed by atoms with van der Waals surface area (Å²) in [5.74, 6) is 0. The second-order valence-corrected chi connectivity index (χ2v) is 7.42. The first-order chi connectivity index (χ1) is 9.47. The molecule has 1 N–H and O–H groups in total. The van der Waals surface area contributed by atoms with Gasteiger partial charge in [0.2, 0.25) is 6.20 Å². The van der Waals surface area contributed by atoms with Crippen LogP contribution in [-0.4, -0.2) is 48.0 Å². The second-order valence-electron chi connectivity index (χ2n) is 4.52. The van der Waals surface area contributed by atoms with Crippen molar-refractivity contribution >= 4 is 24.7 Å². The third-order valence-electron chi connectivity index (χ3n) is 1.76. The molecule has 4 nitrogen and oxygen atoms in total. The van der Waals surface area contributed by atoms with Crippen LogP contribution < -0.4 is 4.73 Å². The zero-order valence-electron chi connectivity index (χ0n) is 12.2. The van der Waals surface area contributed by atoms with Gasteiger partial charge < -0.3 is 0 Å². The number of thioether (sulfide) groups is 1. The summed E-state index contributed by atoms with van der Waals surface area (Å²) >= 11 is 1.51. The first-order valence-corrected chi connectivity index (χ1v) is 8.47. The zero-order chi connectivity index (χ0) is 17.8. The molecule has 12 heteroatoms. The van der Waals surface area contributed by atoms with Gasteiger partial charge >= 0.3 is 43.2 Å². The van der Waals surface area contributed by atoms with Gasteiger partial charge in [-0.25, -0.2) is 0 Å². The Kier molecular flexibility index (Phi) is 5.77. The topological polar surface area (TPSA) is 30.4 Å². The molecule has 1 heterocycles. The summed E-state index contributed by atoms with van der Waals surface area (Å²) in [5, 5.41) is 11.4. The van der Waals surface area contributed by atoms with E-state index in [4.69, 9.17) is 0 Å². The Morgan fingerprint density at radius 3 is 1.91 bits per heavy atom. The Balaban J connectivity index is 0.000000534. The van der Waals surface area contributed by atoms with Crippen LogP contribution >= 0.6 is 19.6 Å². The quantitative estimate of drug-likeness (QED) is 0.154. The van der Waals surface area contributed by atoms with Gasteiger partial charge in [0.25, 0.3) is 0 Å². The van der Waals surface area contributed by atoms with E-state index >= 15 is 0 Å². The van der Waals surface area contributed by atoms with E-state index in [9.17, 15) is 30.4 Å². The van der Waals surface area contributed by atoms with Crippen LogP contribution in [0.1, 0.15) is 0 Å². The number of nitrogens with zero attached hydrogens (tertiary/aromatic N) is 3. The fraction of sp³-hybridized carbons (Fsp3) is 0.400. The number of halogens is 6. The van der Waals surface area contributed by atoms with Crippen LogP contribution in [0.5, 0.6) is 0 Å². The van der Waals surface area contributed by atoms with Crippen molar-refractivity contribution in [2.45, 2.75) is 5.03 Å². The summed E-state index contributed by atoms with van der Waals surface area (Å²) in [7, 11) is -2.74. The molecule has 0 saturated heterocycles. The van der Waals surface area contributed by atoms with Crippen LogP contribution in [0.25, 0.3) is 0 Å². The number of pyridine rings is 1. The molecule has 1 aromatic rings. The maximum atomic E-state index is 9.87. The average molecular weight is 372 g/mol. The van der Waals surface area contributed by atoms with Crippen LogP contribution in [0.2, 0.25) is 0 Å². The zero-order valence-corrected chi connectivity index (χ0v) is 13.9. The van der Waals surface area contributed by atoms with Crippen LogP contribution in [0, 0.1) is 0 Å². The minimum absolute atomic E-state index is 0.787.